The molecular formula is C9H9ClOS. The molecule has 0 aromatic heterocycles. The van der Waals surface area contributed by atoms with Crippen LogP contribution in [0.3, 0.4) is 0 Å². The summed E-state index contributed by atoms with van der Waals surface area (Å²) in [6.45, 7) is 3.46. The summed E-state index contributed by atoms with van der Waals surface area (Å²) in [4.78, 5) is 11.7. The van der Waals surface area contributed by atoms with Crippen LogP contribution in [-0.4, -0.2) is 5.12 Å². The van der Waals surface area contributed by atoms with Gasteiger partial charge >= 0.3 is 0 Å². The summed E-state index contributed by atoms with van der Waals surface area (Å²) >= 11 is 7.09. The van der Waals surface area contributed by atoms with Crippen molar-refractivity contribution in [3.05, 3.63) is 28.8 Å². The fraction of sp³-hybridized carbons (Fsp3) is 0.222. The van der Waals surface area contributed by atoms with Gasteiger partial charge in [-0.15, -0.1) is 0 Å². The standard InChI is InChI=1S/C9H9ClOS/c1-6-8(10)4-3-5-9(6)12-7(2)11/h3-5H,1-2H3. The van der Waals surface area contributed by atoms with Crippen molar-refractivity contribution >= 4 is 28.5 Å². The highest BCUT2D eigenvalue weighted by Gasteiger charge is 2.04. The van der Waals surface area contributed by atoms with E-state index < -0.39 is 0 Å². The molecule has 0 spiro atoms. The van der Waals surface area contributed by atoms with Crippen LogP contribution in [0.15, 0.2) is 23.1 Å². The lowest BCUT2D eigenvalue weighted by atomic mass is 10.2. The van der Waals surface area contributed by atoms with Gasteiger partial charge in [-0.2, -0.15) is 0 Å². The van der Waals surface area contributed by atoms with Crippen molar-refractivity contribution in [1.82, 2.24) is 0 Å². The molecule has 12 heavy (non-hydrogen) atoms. The number of carbonyl (C=O) groups excluding carboxylic acids is 1. The highest BCUT2D eigenvalue weighted by molar-refractivity contribution is 8.13. The molecule has 0 aliphatic heterocycles. The average Bonchev–Trinajstić information content (AvgIpc) is 1.98. The van der Waals surface area contributed by atoms with Crippen molar-refractivity contribution in [3.8, 4) is 0 Å². The van der Waals surface area contributed by atoms with E-state index in [0.717, 1.165) is 10.5 Å². The molecule has 0 radical (unpaired) electrons. The Balaban J connectivity index is 3.00. The number of rotatable bonds is 1. The van der Waals surface area contributed by atoms with Gasteiger partial charge in [0, 0.05) is 16.8 Å². The number of hydrogen-bond acceptors (Lipinski definition) is 2. The van der Waals surface area contributed by atoms with Crippen LogP contribution in [0.25, 0.3) is 0 Å². The molecule has 0 atom stereocenters. The minimum absolute atomic E-state index is 0.0837. The monoisotopic (exact) mass is 200 g/mol. The van der Waals surface area contributed by atoms with Crippen molar-refractivity contribution < 1.29 is 4.79 Å². The Morgan fingerprint density at radius 3 is 2.75 bits per heavy atom. The summed E-state index contributed by atoms with van der Waals surface area (Å²) in [5.74, 6) is 0. The zero-order valence-electron chi connectivity index (χ0n) is 6.93. The Kier molecular flexibility index (Phi) is 3.18. The SMILES string of the molecule is CC(=O)Sc1cccc(Cl)c1C. The average molecular weight is 201 g/mol. The Morgan fingerprint density at radius 1 is 1.50 bits per heavy atom. The Morgan fingerprint density at radius 2 is 2.17 bits per heavy atom. The van der Waals surface area contributed by atoms with E-state index in [9.17, 15) is 4.79 Å². The van der Waals surface area contributed by atoms with Crippen LogP contribution in [0.2, 0.25) is 5.02 Å². The first-order valence-corrected chi connectivity index (χ1v) is 4.74. The first kappa shape index (κ1) is 9.62. The van der Waals surface area contributed by atoms with Crippen molar-refractivity contribution in [2.75, 3.05) is 0 Å². The molecule has 0 saturated heterocycles. The zero-order chi connectivity index (χ0) is 9.14. The lowest BCUT2D eigenvalue weighted by Crippen LogP contribution is -1.85. The predicted molar refractivity (Wildman–Crippen MR) is 52.7 cm³/mol. The van der Waals surface area contributed by atoms with Gasteiger partial charge in [0.2, 0.25) is 0 Å². The van der Waals surface area contributed by atoms with E-state index in [0.29, 0.717) is 5.02 Å². The molecule has 1 aromatic carbocycles. The third-order valence-corrected chi connectivity index (χ3v) is 2.83. The van der Waals surface area contributed by atoms with Gasteiger partial charge in [-0.1, -0.05) is 29.4 Å². The van der Waals surface area contributed by atoms with E-state index >= 15 is 0 Å². The number of hydrogen-bond donors (Lipinski definition) is 0. The Bertz CT molecular complexity index is 309. The van der Waals surface area contributed by atoms with E-state index in [-0.39, 0.29) is 5.12 Å². The minimum Gasteiger partial charge on any atom is -0.287 e. The van der Waals surface area contributed by atoms with Gasteiger partial charge in [-0.3, -0.25) is 4.79 Å². The summed E-state index contributed by atoms with van der Waals surface area (Å²) < 4.78 is 0. The van der Waals surface area contributed by atoms with Crippen molar-refractivity contribution in [2.24, 2.45) is 0 Å². The quantitative estimate of drug-likeness (QED) is 0.648. The maximum absolute atomic E-state index is 10.8. The molecular weight excluding hydrogens is 192 g/mol. The lowest BCUT2D eigenvalue weighted by molar-refractivity contribution is -0.109. The van der Waals surface area contributed by atoms with Crippen LogP contribution in [0, 0.1) is 6.92 Å². The predicted octanol–water partition coefficient (Wildman–Crippen LogP) is 3.29. The second kappa shape index (κ2) is 3.97. The molecule has 0 heterocycles. The fourth-order valence-corrected chi connectivity index (χ4v) is 1.80. The van der Waals surface area contributed by atoms with Crippen LogP contribution in [0.1, 0.15) is 12.5 Å². The van der Waals surface area contributed by atoms with Crippen molar-refractivity contribution in [3.63, 3.8) is 0 Å². The zero-order valence-corrected chi connectivity index (χ0v) is 8.50. The largest absolute Gasteiger partial charge is 0.287 e. The molecule has 0 amide bonds. The summed E-state index contributed by atoms with van der Waals surface area (Å²) in [6.07, 6.45) is 0. The molecule has 64 valence electrons. The normalized spacial score (nSPS) is 9.92. The number of carbonyl (C=O) groups is 1. The molecule has 0 aliphatic rings. The van der Waals surface area contributed by atoms with Crippen LogP contribution in [0.4, 0.5) is 0 Å². The molecule has 3 heteroatoms. The maximum atomic E-state index is 10.8. The van der Waals surface area contributed by atoms with Gasteiger partial charge in [-0.25, -0.2) is 0 Å². The number of halogens is 1. The van der Waals surface area contributed by atoms with Gasteiger partial charge in [0.15, 0.2) is 5.12 Å². The number of thioether (sulfide) groups is 1. The topological polar surface area (TPSA) is 17.1 Å². The second-order valence-electron chi connectivity index (χ2n) is 2.46. The first-order valence-electron chi connectivity index (χ1n) is 3.55. The molecule has 0 bridgehead atoms. The van der Waals surface area contributed by atoms with E-state index in [1.807, 2.05) is 25.1 Å². The van der Waals surface area contributed by atoms with Gasteiger partial charge in [0.25, 0.3) is 0 Å². The van der Waals surface area contributed by atoms with Crippen LogP contribution in [-0.2, 0) is 4.79 Å². The van der Waals surface area contributed by atoms with Crippen LogP contribution >= 0.6 is 23.4 Å². The Labute approximate surface area is 81.1 Å². The van der Waals surface area contributed by atoms with Gasteiger partial charge in [0.05, 0.1) is 0 Å². The Hall–Kier alpha value is -0.470. The van der Waals surface area contributed by atoms with Crippen molar-refractivity contribution in [1.29, 1.82) is 0 Å². The van der Waals surface area contributed by atoms with Gasteiger partial charge in [-0.05, 0) is 24.6 Å². The smallest absolute Gasteiger partial charge is 0.190 e. The molecule has 1 nitrogen and oxygen atoms in total. The molecule has 0 fully saturated rings. The lowest BCUT2D eigenvalue weighted by Gasteiger charge is -2.03. The molecule has 0 N–H and O–H groups in total. The minimum atomic E-state index is 0.0837. The fourth-order valence-electron chi connectivity index (χ4n) is 0.853. The van der Waals surface area contributed by atoms with Crippen molar-refractivity contribution in [2.45, 2.75) is 18.7 Å². The first-order chi connectivity index (χ1) is 5.61. The van der Waals surface area contributed by atoms with Gasteiger partial charge < -0.3 is 0 Å². The molecule has 0 aliphatic carbocycles. The second-order valence-corrected chi connectivity index (χ2v) is 4.08. The van der Waals surface area contributed by atoms with E-state index in [4.69, 9.17) is 11.6 Å². The third-order valence-electron chi connectivity index (χ3n) is 1.47. The van der Waals surface area contributed by atoms with E-state index in [1.165, 1.54) is 11.8 Å². The highest BCUT2D eigenvalue weighted by atomic mass is 35.5. The summed E-state index contributed by atoms with van der Waals surface area (Å²) in [6, 6.07) is 5.56. The number of benzene rings is 1. The molecule has 0 unspecified atom stereocenters. The molecule has 0 saturated carbocycles. The summed E-state index contributed by atoms with van der Waals surface area (Å²) in [5.41, 5.74) is 0.972. The summed E-state index contributed by atoms with van der Waals surface area (Å²) in [5, 5.41) is 0.793. The van der Waals surface area contributed by atoms with E-state index in [2.05, 4.69) is 0 Å². The molecule has 1 aromatic rings. The van der Waals surface area contributed by atoms with Gasteiger partial charge in [0.1, 0.15) is 0 Å². The van der Waals surface area contributed by atoms with Crippen LogP contribution in [0.5, 0.6) is 0 Å². The summed E-state index contributed by atoms with van der Waals surface area (Å²) in [7, 11) is 0. The van der Waals surface area contributed by atoms with Crippen LogP contribution < -0.4 is 0 Å². The molecule has 1 rings (SSSR count). The highest BCUT2D eigenvalue weighted by Crippen LogP contribution is 2.27. The third kappa shape index (κ3) is 2.26. The maximum Gasteiger partial charge on any atom is 0.190 e. The van der Waals surface area contributed by atoms with E-state index in [1.54, 1.807) is 6.92 Å².